The van der Waals surface area contributed by atoms with Crippen LogP contribution in [-0.4, -0.2) is 20.7 Å². The van der Waals surface area contributed by atoms with Crippen molar-refractivity contribution in [3.8, 4) is 5.82 Å². The van der Waals surface area contributed by atoms with Gasteiger partial charge >= 0.3 is 0 Å². The van der Waals surface area contributed by atoms with Crippen LogP contribution in [0.15, 0.2) is 48.8 Å². The van der Waals surface area contributed by atoms with Crippen molar-refractivity contribution in [2.75, 3.05) is 5.32 Å². The molecule has 0 saturated heterocycles. The van der Waals surface area contributed by atoms with Crippen molar-refractivity contribution in [3.05, 3.63) is 70.1 Å². The predicted octanol–water partition coefficient (Wildman–Crippen LogP) is 4.13. The average Bonchev–Trinajstić information content (AvgIpc) is 2.92. The van der Waals surface area contributed by atoms with Crippen molar-refractivity contribution < 1.29 is 4.79 Å². The van der Waals surface area contributed by atoms with Crippen LogP contribution in [0.5, 0.6) is 0 Å². The van der Waals surface area contributed by atoms with Gasteiger partial charge in [0.15, 0.2) is 5.82 Å². The first kappa shape index (κ1) is 15.5. The molecule has 5 nitrogen and oxygen atoms in total. The molecule has 7 heteroatoms. The summed E-state index contributed by atoms with van der Waals surface area (Å²) in [5, 5.41) is 7.86. The molecule has 0 aliphatic carbocycles. The van der Waals surface area contributed by atoms with Gasteiger partial charge < -0.3 is 5.32 Å². The maximum absolute atomic E-state index is 12.4. The largest absolute Gasteiger partial charge is 0.321 e. The van der Waals surface area contributed by atoms with Crippen molar-refractivity contribution in [2.24, 2.45) is 0 Å². The highest BCUT2D eigenvalue weighted by atomic mass is 35.5. The molecule has 0 aliphatic heterocycles. The summed E-state index contributed by atoms with van der Waals surface area (Å²) in [6.45, 7) is 1.81. The molecule has 23 heavy (non-hydrogen) atoms. The van der Waals surface area contributed by atoms with E-state index in [2.05, 4.69) is 15.4 Å². The van der Waals surface area contributed by atoms with E-state index in [1.165, 1.54) is 6.20 Å². The monoisotopic (exact) mass is 346 g/mol. The number of carbonyl (C=O) groups excluding carboxylic acids is 1. The lowest BCUT2D eigenvalue weighted by Crippen LogP contribution is -2.13. The highest BCUT2D eigenvalue weighted by Crippen LogP contribution is 2.26. The van der Waals surface area contributed by atoms with Gasteiger partial charge in [-0.2, -0.15) is 5.10 Å². The highest BCUT2D eigenvalue weighted by molar-refractivity contribution is 6.36. The lowest BCUT2D eigenvalue weighted by atomic mass is 10.2. The molecule has 0 fully saturated rings. The fraction of sp³-hybridized carbons (Fsp3) is 0.0625. The van der Waals surface area contributed by atoms with E-state index in [9.17, 15) is 4.79 Å². The number of amides is 1. The Hall–Kier alpha value is -2.37. The average molecular weight is 347 g/mol. The molecule has 2 heterocycles. The molecule has 2 aromatic heterocycles. The van der Waals surface area contributed by atoms with Gasteiger partial charge in [-0.1, -0.05) is 29.3 Å². The van der Waals surface area contributed by atoms with E-state index in [1.807, 2.05) is 18.2 Å². The van der Waals surface area contributed by atoms with Gasteiger partial charge in [-0.25, -0.2) is 9.67 Å². The second-order valence-corrected chi connectivity index (χ2v) is 5.67. The Labute approximate surface area is 142 Å². The Bertz CT molecular complexity index is 862. The molecule has 0 radical (unpaired) electrons. The van der Waals surface area contributed by atoms with Crippen molar-refractivity contribution in [2.45, 2.75) is 6.92 Å². The molecule has 0 atom stereocenters. The third-order valence-corrected chi connectivity index (χ3v) is 3.85. The molecule has 1 amide bonds. The molecule has 0 aliphatic rings. The summed E-state index contributed by atoms with van der Waals surface area (Å²) in [7, 11) is 0. The number of carbonyl (C=O) groups is 1. The zero-order valence-electron chi connectivity index (χ0n) is 12.1. The van der Waals surface area contributed by atoms with Gasteiger partial charge in [0.05, 0.1) is 28.2 Å². The molecule has 3 rings (SSSR count). The minimum Gasteiger partial charge on any atom is -0.321 e. The van der Waals surface area contributed by atoms with E-state index in [1.54, 1.807) is 36.0 Å². The van der Waals surface area contributed by atoms with E-state index in [-0.39, 0.29) is 5.91 Å². The number of benzene rings is 1. The van der Waals surface area contributed by atoms with Crippen molar-refractivity contribution in [1.29, 1.82) is 0 Å². The Morgan fingerprint density at radius 1 is 1.22 bits per heavy atom. The first-order chi connectivity index (χ1) is 11.1. The van der Waals surface area contributed by atoms with E-state index in [0.29, 0.717) is 32.8 Å². The standard InChI is InChI=1S/C16H12Cl2N4O/c1-10-12(9-20-22(10)15-4-2-3-7-19-15)16(23)21-14-6-5-11(17)8-13(14)18/h2-9H,1H3,(H,21,23). The van der Waals surface area contributed by atoms with E-state index in [0.717, 1.165) is 0 Å². The van der Waals surface area contributed by atoms with E-state index >= 15 is 0 Å². The smallest absolute Gasteiger partial charge is 0.259 e. The first-order valence-electron chi connectivity index (χ1n) is 6.78. The van der Waals surface area contributed by atoms with Gasteiger partial charge in [-0.15, -0.1) is 0 Å². The van der Waals surface area contributed by atoms with Crippen molar-refractivity contribution >= 4 is 34.8 Å². The fourth-order valence-electron chi connectivity index (χ4n) is 2.12. The zero-order chi connectivity index (χ0) is 16.4. The SMILES string of the molecule is Cc1c(C(=O)Nc2ccc(Cl)cc2Cl)cnn1-c1ccccn1. The van der Waals surface area contributed by atoms with Crippen molar-refractivity contribution in [1.82, 2.24) is 14.8 Å². The van der Waals surface area contributed by atoms with Gasteiger partial charge in [0.2, 0.25) is 0 Å². The molecule has 0 unspecified atom stereocenters. The second-order valence-electron chi connectivity index (χ2n) is 4.82. The van der Waals surface area contributed by atoms with Crippen LogP contribution in [0.4, 0.5) is 5.69 Å². The molecule has 0 spiro atoms. The van der Waals surface area contributed by atoms with Crippen LogP contribution >= 0.6 is 23.2 Å². The summed E-state index contributed by atoms with van der Waals surface area (Å²) in [5.41, 5.74) is 1.62. The van der Waals surface area contributed by atoms with Gasteiger partial charge in [0.25, 0.3) is 5.91 Å². The number of hydrogen-bond donors (Lipinski definition) is 1. The van der Waals surface area contributed by atoms with Crippen LogP contribution in [0.2, 0.25) is 10.0 Å². The third kappa shape index (κ3) is 3.21. The molecule has 1 N–H and O–H groups in total. The Morgan fingerprint density at radius 3 is 2.74 bits per heavy atom. The number of rotatable bonds is 3. The minimum atomic E-state index is -0.297. The molecule has 0 bridgehead atoms. The van der Waals surface area contributed by atoms with Gasteiger partial charge in [0, 0.05) is 11.2 Å². The summed E-state index contributed by atoms with van der Waals surface area (Å²) in [4.78, 5) is 16.7. The van der Waals surface area contributed by atoms with Crippen LogP contribution in [-0.2, 0) is 0 Å². The summed E-state index contributed by atoms with van der Waals surface area (Å²) < 4.78 is 1.61. The highest BCUT2D eigenvalue weighted by Gasteiger charge is 2.16. The lowest BCUT2D eigenvalue weighted by Gasteiger charge is -2.08. The number of nitrogens with one attached hydrogen (secondary N) is 1. The molecule has 0 saturated carbocycles. The predicted molar refractivity (Wildman–Crippen MR) is 90.5 cm³/mol. The second kappa shape index (κ2) is 6.40. The Kier molecular flexibility index (Phi) is 4.32. The fourth-order valence-corrected chi connectivity index (χ4v) is 2.58. The number of hydrogen-bond acceptors (Lipinski definition) is 3. The van der Waals surface area contributed by atoms with Gasteiger partial charge in [-0.05, 0) is 37.3 Å². The van der Waals surface area contributed by atoms with E-state index < -0.39 is 0 Å². The van der Waals surface area contributed by atoms with Crippen LogP contribution in [0.3, 0.4) is 0 Å². The number of halogens is 2. The molecule has 3 aromatic rings. The quantitative estimate of drug-likeness (QED) is 0.775. The van der Waals surface area contributed by atoms with Crippen LogP contribution < -0.4 is 5.32 Å². The summed E-state index contributed by atoms with van der Waals surface area (Å²) >= 11 is 11.9. The zero-order valence-corrected chi connectivity index (χ0v) is 13.6. The topological polar surface area (TPSA) is 59.8 Å². The molecular weight excluding hydrogens is 335 g/mol. The molecule has 116 valence electrons. The normalized spacial score (nSPS) is 10.6. The lowest BCUT2D eigenvalue weighted by molar-refractivity contribution is 0.102. The minimum absolute atomic E-state index is 0.297. The van der Waals surface area contributed by atoms with Crippen LogP contribution in [0, 0.1) is 6.92 Å². The number of pyridine rings is 1. The summed E-state index contributed by atoms with van der Waals surface area (Å²) in [6, 6.07) is 10.4. The maximum atomic E-state index is 12.4. The number of nitrogens with zero attached hydrogens (tertiary/aromatic N) is 3. The van der Waals surface area contributed by atoms with Crippen LogP contribution in [0.25, 0.3) is 5.82 Å². The van der Waals surface area contributed by atoms with Crippen LogP contribution in [0.1, 0.15) is 16.1 Å². The number of aromatic nitrogens is 3. The van der Waals surface area contributed by atoms with Gasteiger partial charge in [-0.3, -0.25) is 4.79 Å². The first-order valence-corrected chi connectivity index (χ1v) is 7.54. The van der Waals surface area contributed by atoms with Gasteiger partial charge in [0.1, 0.15) is 0 Å². The molecular formula is C16H12Cl2N4O. The van der Waals surface area contributed by atoms with Crippen molar-refractivity contribution in [3.63, 3.8) is 0 Å². The summed E-state index contributed by atoms with van der Waals surface area (Å²) in [5.74, 6) is 0.350. The number of anilines is 1. The Morgan fingerprint density at radius 2 is 2.04 bits per heavy atom. The third-order valence-electron chi connectivity index (χ3n) is 3.30. The van der Waals surface area contributed by atoms with E-state index in [4.69, 9.17) is 23.2 Å². The Balaban J connectivity index is 1.88. The summed E-state index contributed by atoms with van der Waals surface area (Å²) in [6.07, 6.45) is 3.17. The molecule has 1 aromatic carbocycles. The maximum Gasteiger partial charge on any atom is 0.259 e.